The molecule has 1 aromatic heterocycles. The molecule has 3 rings (SSSR count). The fraction of sp³-hybridized carbons (Fsp3) is 0.381. The third-order valence-electron chi connectivity index (χ3n) is 4.93. The van der Waals surface area contributed by atoms with Gasteiger partial charge in [0.05, 0.1) is 25.5 Å². The van der Waals surface area contributed by atoms with Crippen LogP contribution in [-0.2, 0) is 11.2 Å². The minimum Gasteiger partial charge on any atom is -0.493 e. The van der Waals surface area contributed by atoms with Crippen molar-refractivity contribution in [3.05, 3.63) is 47.8 Å². The molecule has 0 spiro atoms. The number of amides is 2. The molecule has 29 heavy (non-hydrogen) atoms. The molecule has 0 atom stereocenters. The van der Waals surface area contributed by atoms with Gasteiger partial charge >= 0.3 is 0 Å². The topological polar surface area (TPSA) is 84.0 Å². The van der Waals surface area contributed by atoms with Gasteiger partial charge in [0.25, 0.3) is 5.91 Å². The number of carbonyl (C=O) groups is 2. The maximum absolute atomic E-state index is 12.7. The van der Waals surface area contributed by atoms with E-state index in [4.69, 9.17) is 9.47 Å². The highest BCUT2D eigenvalue weighted by Crippen LogP contribution is 2.27. The van der Waals surface area contributed by atoms with Crippen LogP contribution in [0.15, 0.2) is 36.7 Å². The van der Waals surface area contributed by atoms with Crippen molar-refractivity contribution in [3.8, 4) is 11.5 Å². The van der Waals surface area contributed by atoms with E-state index < -0.39 is 0 Å². The molecule has 0 bridgehead atoms. The molecule has 0 unspecified atom stereocenters. The number of ether oxygens (including phenoxy) is 2. The maximum Gasteiger partial charge on any atom is 0.255 e. The van der Waals surface area contributed by atoms with Crippen molar-refractivity contribution in [2.24, 2.45) is 0 Å². The van der Waals surface area contributed by atoms with Crippen molar-refractivity contribution >= 4 is 18.0 Å². The van der Waals surface area contributed by atoms with Crippen LogP contribution < -0.4 is 14.8 Å². The minimum absolute atomic E-state index is 0.0633. The number of hydrogen-bond donors (Lipinski definition) is 1. The SMILES string of the molecule is COc1ccc(CCNc2cncc(C(=O)N3CCN(C=O)CC3)c2)cc1OC. The number of benzene rings is 1. The lowest BCUT2D eigenvalue weighted by Crippen LogP contribution is -2.48. The first-order valence-electron chi connectivity index (χ1n) is 9.53. The molecule has 2 amide bonds. The van der Waals surface area contributed by atoms with E-state index in [-0.39, 0.29) is 5.91 Å². The minimum atomic E-state index is -0.0633. The number of hydrogen-bond acceptors (Lipinski definition) is 6. The molecule has 1 N–H and O–H groups in total. The Hall–Kier alpha value is -3.29. The first-order chi connectivity index (χ1) is 14.1. The molecule has 1 aliphatic heterocycles. The van der Waals surface area contributed by atoms with E-state index >= 15 is 0 Å². The number of nitrogens with zero attached hydrogens (tertiary/aromatic N) is 3. The molecule has 2 heterocycles. The maximum atomic E-state index is 12.7. The van der Waals surface area contributed by atoms with Gasteiger partial charge < -0.3 is 24.6 Å². The number of carbonyl (C=O) groups excluding carboxylic acids is 2. The third-order valence-corrected chi connectivity index (χ3v) is 4.93. The second-order valence-electron chi connectivity index (χ2n) is 6.76. The van der Waals surface area contributed by atoms with Crippen molar-refractivity contribution in [3.63, 3.8) is 0 Å². The molecule has 1 aromatic carbocycles. The summed E-state index contributed by atoms with van der Waals surface area (Å²) in [5.41, 5.74) is 2.45. The highest BCUT2D eigenvalue weighted by atomic mass is 16.5. The Balaban J connectivity index is 1.56. The number of aromatic nitrogens is 1. The van der Waals surface area contributed by atoms with E-state index in [9.17, 15) is 9.59 Å². The van der Waals surface area contributed by atoms with Gasteiger partial charge in [0, 0.05) is 45.1 Å². The monoisotopic (exact) mass is 398 g/mol. The smallest absolute Gasteiger partial charge is 0.255 e. The number of rotatable bonds is 8. The van der Waals surface area contributed by atoms with Gasteiger partial charge in [-0.3, -0.25) is 14.6 Å². The summed E-state index contributed by atoms with van der Waals surface area (Å²) in [6.45, 7) is 2.88. The van der Waals surface area contributed by atoms with Gasteiger partial charge in [-0.1, -0.05) is 6.07 Å². The number of anilines is 1. The van der Waals surface area contributed by atoms with Gasteiger partial charge in [0.1, 0.15) is 0 Å². The van der Waals surface area contributed by atoms with E-state index in [0.717, 1.165) is 24.1 Å². The van der Waals surface area contributed by atoms with Crippen molar-refractivity contribution in [2.45, 2.75) is 6.42 Å². The highest BCUT2D eigenvalue weighted by molar-refractivity contribution is 5.94. The first-order valence-corrected chi connectivity index (χ1v) is 9.53. The average molecular weight is 398 g/mol. The Morgan fingerprint density at radius 3 is 2.55 bits per heavy atom. The Bertz CT molecular complexity index is 850. The van der Waals surface area contributed by atoms with E-state index in [1.54, 1.807) is 36.4 Å². The molecule has 8 nitrogen and oxygen atoms in total. The van der Waals surface area contributed by atoms with Gasteiger partial charge in [0.2, 0.25) is 6.41 Å². The fourth-order valence-electron chi connectivity index (χ4n) is 3.25. The molecule has 2 aromatic rings. The number of piperazine rings is 1. The predicted molar refractivity (Wildman–Crippen MR) is 110 cm³/mol. The summed E-state index contributed by atoms with van der Waals surface area (Å²) >= 11 is 0. The second kappa shape index (κ2) is 9.77. The van der Waals surface area contributed by atoms with E-state index in [0.29, 0.717) is 49.8 Å². The fourth-order valence-corrected chi connectivity index (χ4v) is 3.25. The summed E-state index contributed by atoms with van der Waals surface area (Å²) in [4.78, 5) is 31.1. The second-order valence-corrected chi connectivity index (χ2v) is 6.76. The summed E-state index contributed by atoms with van der Waals surface area (Å²) in [6.07, 6.45) is 4.89. The average Bonchev–Trinajstić information content (AvgIpc) is 2.78. The van der Waals surface area contributed by atoms with E-state index in [2.05, 4.69) is 10.3 Å². The van der Waals surface area contributed by atoms with Crippen molar-refractivity contribution in [1.29, 1.82) is 0 Å². The van der Waals surface area contributed by atoms with Gasteiger partial charge in [-0.25, -0.2) is 0 Å². The van der Waals surface area contributed by atoms with Crippen LogP contribution in [0.25, 0.3) is 0 Å². The number of methoxy groups -OCH3 is 2. The van der Waals surface area contributed by atoms with Gasteiger partial charge in [-0.15, -0.1) is 0 Å². The van der Waals surface area contributed by atoms with Crippen molar-refractivity contribution in [2.75, 3.05) is 52.3 Å². The molecule has 0 aliphatic carbocycles. The zero-order valence-corrected chi connectivity index (χ0v) is 16.8. The molecule has 8 heteroatoms. The molecule has 1 aliphatic rings. The summed E-state index contributed by atoms with van der Waals surface area (Å²) in [5.74, 6) is 1.34. The lowest BCUT2D eigenvalue weighted by atomic mass is 10.1. The van der Waals surface area contributed by atoms with Gasteiger partial charge in [0.15, 0.2) is 11.5 Å². The molecule has 0 radical (unpaired) electrons. The van der Waals surface area contributed by atoms with Gasteiger partial charge in [-0.05, 0) is 30.2 Å². The van der Waals surface area contributed by atoms with Crippen LogP contribution >= 0.6 is 0 Å². The summed E-state index contributed by atoms with van der Waals surface area (Å²) < 4.78 is 10.6. The van der Waals surface area contributed by atoms with Crippen LogP contribution in [0.1, 0.15) is 15.9 Å². The largest absolute Gasteiger partial charge is 0.493 e. The quantitative estimate of drug-likeness (QED) is 0.681. The van der Waals surface area contributed by atoms with Crippen LogP contribution in [-0.4, -0.2) is 74.0 Å². The summed E-state index contributed by atoms with van der Waals surface area (Å²) in [7, 11) is 3.23. The zero-order valence-electron chi connectivity index (χ0n) is 16.8. The summed E-state index contributed by atoms with van der Waals surface area (Å²) in [6, 6.07) is 7.66. The van der Waals surface area contributed by atoms with Crippen LogP contribution in [0.4, 0.5) is 5.69 Å². The molecular weight excluding hydrogens is 372 g/mol. The lowest BCUT2D eigenvalue weighted by Gasteiger charge is -2.32. The normalized spacial score (nSPS) is 13.7. The Morgan fingerprint density at radius 1 is 1.10 bits per heavy atom. The third kappa shape index (κ3) is 5.16. The molecular formula is C21H26N4O4. The highest BCUT2D eigenvalue weighted by Gasteiger charge is 2.21. The molecule has 1 fully saturated rings. The molecule has 1 saturated heterocycles. The Kier molecular flexibility index (Phi) is 6.89. The van der Waals surface area contributed by atoms with Crippen LogP contribution in [0.5, 0.6) is 11.5 Å². The lowest BCUT2D eigenvalue weighted by molar-refractivity contribution is -0.119. The zero-order chi connectivity index (χ0) is 20.6. The van der Waals surface area contributed by atoms with E-state index in [1.165, 1.54) is 0 Å². The molecule has 154 valence electrons. The van der Waals surface area contributed by atoms with Crippen LogP contribution in [0, 0.1) is 0 Å². The first kappa shape index (κ1) is 20.4. The number of nitrogens with one attached hydrogen (secondary N) is 1. The predicted octanol–water partition coefficient (Wildman–Crippen LogP) is 1.67. The number of pyridine rings is 1. The standard InChI is InChI=1S/C21H26N4O4/c1-28-19-4-3-16(11-20(19)29-2)5-6-23-18-12-17(13-22-14-18)21(27)25-9-7-24(15-26)8-10-25/h3-4,11-15,23H,5-10H2,1-2H3. The summed E-state index contributed by atoms with van der Waals surface area (Å²) in [5, 5.41) is 3.31. The Labute approximate surface area is 170 Å². The van der Waals surface area contributed by atoms with E-state index in [1.807, 2.05) is 24.3 Å². The van der Waals surface area contributed by atoms with Crippen LogP contribution in [0.2, 0.25) is 0 Å². The molecule has 0 saturated carbocycles. The Morgan fingerprint density at radius 2 is 1.86 bits per heavy atom. The van der Waals surface area contributed by atoms with Crippen molar-refractivity contribution < 1.29 is 19.1 Å². The van der Waals surface area contributed by atoms with Crippen molar-refractivity contribution in [1.82, 2.24) is 14.8 Å². The van der Waals surface area contributed by atoms with Gasteiger partial charge in [-0.2, -0.15) is 0 Å². The van der Waals surface area contributed by atoms with Crippen LogP contribution in [0.3, 0.4) is 0 Å².